The van der Waals surface area contributed by atoms with Crippen LogP contribution in [0.2, 0.25) is 0 Å². The van der Waals surface area contributed by atoms with Gasteiger partial charge in [-0.15, -0.1) is 0 Å². The summed E-state index contributed by atoms with van der Waals surface area (Å²) >= 11 is 2.12. The van der Waals surface area contributed by atoms with Crippen LogP contribution in [0.15, 0.2) is 0 Å². The second kappa shape index (κ2) is 18.1. The van der Waals surface area contributed by atoms with Gasteiger partial charge >= 0.3 is 0 Å². The van der Waals surface area contributed by atoms with Crippen molar-refractivity contribution in [2.24, 2.45) is 5.92 Å². The summed E-state index contributed by atoms with van der Waals surface area (Å²) in [6.45, 7) is 9.89. The van der Waals surface area contributed by atoms with Gasteiger partial charge in [0.1, 0.15) is 0 Å². The van der Waals surface area contributed by atoms with Gasteiger partial charge in [0.25, 0.3) is 0 Å². The number of ether oxygens (including phenoxy) is 1. The van der Waals surface area contributed by atoms with Crippen molar-refractivity contribution in [2.75, 3.05) is 18.1 Å². The standard InChI is InChI=1S/C7H14.C6H12OS.C6H12O.C6H12S/c1-7-5-3-2-4-6-7;1-6-4-2-3-5-8(6)7;2*1-6-4-2-3-5-7-6/h7H,2-6H2,1H3;6H,2-5H2,1H3;2*6H,2-5H2,1H3. The van der Waals surface area contributed by atoms with Crippen LogP contribution in [-0.2, 0) is 15.5 Å². The molecule has 3 aliphatic heterocycles. The third-order valence-electron chi connectivity index (χ3n) is 6.36. The van der Waals surface area contributed by atoms with Gasteiger partial charge in [0.2, 0.25) is 0 Å². The molecule has 2 nitrogen and oxygen atoms in total. The molecular formula is C25H50O2S2. The topological polar surface area (TPSA) is 26.3 Å². The molecule has 0 bridgehead atoms. The number of hydrogen-bond donors (Lipinski definition) is 0. The predicted molar refractivity (Wildman–Crippen MR) is 134 cm³/mol. The van der Waals surface area contributed by atoms with E-state index in [4.69, 9.17) is 4.74 Å². The molecule has 4 rings (SSSR count). The van der Waals surface area contributed by atoms with E-state index in [9.17, 15) is 4.21 Å². The summed E-state index contributed by atoms with van der Waals surface area (Å²) in [5.74, 6) is 3.39. The van der Waals surface area contributed by atoms with Gasteiger partial charge < -0.3 is 4.74 Å². The second-order valence-corrected chi connectivity index (χ2v) is 13.0. The fourth-order valence-electron chi connectivity index (χ4n) is 4.12. The molecule has 174 valence electrons. The molecular weight excluding hydrogens is 396 g/mol. The molecule has 0 aromatic carbocycles. The van der Waals surface area contributed by atoms with Crippen molar-refractivity contribution in [2.45, 2.75) is 134 Å². The Kier molecular flexibility index (Phi) is 17.1. The lowest BCUT2D eigenvalue weighted by atomic mass is 9.91. The first-order valence-corrected chi connectivity index (χ1v) is 15.0. The van der Waals surface area contributed by atoms with Crippen LogP contribution >= 0.6 is 11.8 Å². The minimum absolute atomic E-state index is 0.476. The van der Waals surface area contributed by atoms with Gasteiger partial charge in [0, 0.05) is 33.7 Å². The van der Waals surface area contributed by atoms with Crippen LogP contribution in [0.1, 0.15) is 118 Å². The zero-order valence-corrected chi connectivity index (χ0v) is 21.6. The summed E-state index contributed by atoms with van der Waals surface area (Å²) in [7, 11) is -0.485. The molecule has 3 saturated heterocycles. The van der Waals surface area contributed by atoms with E-state index in [1.54, 1.807) is 0 Å². The van der Waals surface area contributed by atoms with Gasteiger partial charge in [0.05, 0.1) is 6.10 Å². The molecule has 3 heterocycles. The second-order valence-electron chi connectivity index (χ2n) is 9.49. The SMILES string of the molecule is CC1CCCCC1.CC1CCCCO1.CC1CCCCS1.CC1CCCCS1=O. The third kappa shape index (κ3) is 15.8. The Morgan fingerprint density at radius 3 is 1.69 bits per heavy atom. The monoisotopic (exact) mass is 446 g/mol. The Balaban J connectivity index is 0.000000194. The van der Waals surface area contributed by atoms with Gasteiger partial charge in [-0.3, -0.25) is 4.21 Å². The van der Waals surface area contributed by atoms with Crippen molar-refractivity contribution in [3.63, 3.8) is 0 Å². The minimum atomic E-state index is -0.485. The van der Waals surface area contributed by atoms with Crippen molar-refractivity contribution in [3.05, 3.63) is 0 Å². The molecule has 0 amide bonds. The highest BCUT2D eigenvalue weighted by Crippen LogP contribution is 2.23. The molecule has 0 aromatic heterocycles. The van der Waals surface area contributed by atoms with Gasteiger partial charge in [-0.25, -0.2) is 0 Å². The molecule has 4 atom stereocenters. The molecule has 1 aliphatic carbocycles. The maximum absolute atomic E-state index is 10.9. The highest BCUT2D eigenvalue weighted by Gasteiger charge is 2.14. The average Bonchev–Trinajstić information content (AvgIpc) is 2.73. The Morgan fingerprint density at radius 2 is 1.38 bits per heavy atom. The summed E-state index contributed by atoms with van der Waals surface area (Å²) in [5.41, 5.74) is 0. The van der Waals surface area contributed by atoms with E-state index in [1.807, 2.05) is 0 Å². The van der Waals surface area contributed by atoms with Crippen LogP contribution in [0.25, 0.3) is 0 Å². The molecule has 29 heavy (non-hydrogen) atoms. The third-order valence-corrected chi connectivity index (χ3v) is 9.52. The lowest BCUT2D eigenvalue weighted by molar-refractivity contribution is 0.0285. The average molecular weight is 447 g/mol. The normalized spacial score (nSPS) is 33.0. The molecule has 4 fully saturated rings. The van der Waals surface area contributed by atoms with Crippen molar-refractivity contribution in [3.8, 4) is 0 Å². The van der Waals surface area contributed by atoms with Gasteiger partial charge in [-0.1, -0.05) is 65.7 Å². The molecule has 4 unspecified atom stereocenters. The van der Waals surface area contributed by atoms with Crippen molar-refractivity contribution in [1.82, 2.24) is 0 Å². The smallest absolute Gasteiger partial charge is 0.0547 e. The lowest BCUT2D eigenvalue weighted by Crippen LogP contribution is -2.18. The Hall–Kier alpha value is 0.460. The van der Waals surface area contributed by atoms with E-state index in [-0.39, 0.29) is 0 Å². The first kappa shape index (κ1) is 27.5. The van der Waals surface area contributed by atoms with E-state index in [0.29, 0.717) is 11.4 Å². The fraction of sp³-hybridized carbons (Fsp3) is 1.00. The summed E-state index contributed by atoms with van der Waals surface area (Å²) in [4.78, 5) is 0. The Morgan fingerprint density at radius 1 is 0.724 bits per heavy atom. The molecule has 0 radical (unpaired) electrons. The highest BCUT2D eigenvalue weighted by atomic mass is 32.2. The van der Waals surface area contributed by atoms with Crippen molar-refractivity contribution >= 4 is 22.6 Å². The predicted octanol–water partition coefficient (Wildman–Crippen LogP) is 7.76. The van der Waals surface area contributed by atoms with E-state index in [0.717, 1.165) is 23.5 Å². The molecule has 1 saturated carbocycles. The zero-order chi connectivity index (χ0) is 21.3. The largest absolute Gasteiger partial charge is 0.379 e. The van der Waals surface area contributed by atoms with Crippen molar-refractivity contribution in [1.29, 1.82) is 0 Å². The summed E-state index contributed by atoms with van der Waals surface area (Å²) in [5, 5.41) is 1.43. The first-order valence-electron chi connectivity index (χ1n) is 12.6. The first-order chi connectivity index (χ1) is 14.0. The fourth-order valence-corrected chi connectivity index (χ4v) is 6.55. The number of thioether (sulfide) groups is 1. The molecule has 0 spiro atoms. The van der Waals surface area contributed by atoms with Crippen LogP contribution in [0, 0.1) is 5.92 Å². The lowest BCUT2D eigenvalue weighted by Gasteiger charge is -2.17. The maximum Gasteiger partial charge on any atom is 0.0547 e. The van der Waals surface area contributed by atoms with E-state index < -0.39 is 10.8 Å². The molecule has 4 aliphatic rings. The summed E-state index contributed by atoms with van der Waals surface area (Å²) in [6, 6.07) is 0. The van der Waals surface area contributed by atoms with Crippen LogP contribution in [-0.4, -0.2) is 38.9 Å². The highest BCUT2D eigenvalue weighted by molar-refractivity contribution is 7.99. The summed E-state index contributed by atoms with van der Waals surface area (Å²) in [6.07, 6.45) is 19.9. The maximum atomic E-state index is 10.9. The Bertz CT molecular complexity index is 346. The van der Waals surface area contributed by atoms with Crippen LogP contribution in [0.4, 0.5) is 0 Å². The summed E-state index contributed by atoms with van der Waals surface area (Å²) < 4.78 is 16.2. The quantitative estimate of drug-likeness (QED) is 0.380. The van der Waals surface area contributed by atoms with E-state index in [1.165, 1.54) is 95.6 Å². The van der Waals surface area contributed by atoms with Gasteiger partial charge in [-0.2, -0.15) is 11.8 Å². The molecule has 4 heteroatoms. The number of hydrogen-bond acceptors (Lipinski definition) is 3. The number of rotatable bonds is 0. The van der Waals surface area contributed by atoms with Gasteiger partial charge in [-0.05, 0) is 63.5 Å². The Labute approximate surface area is 189 Å². The zero-order valence-electron chi connectivity index (χ0n) is 20.0. The van der Waals surface area contributed by atoms with Crippen LogP contribution < -0.4 is 0 Å². The molecule has 0 aromatic rings. The van der Waals surface area contributed by atoms with E-state index >= 15 is 0 Å². The van der Waals surface area contributed by atoms with E-state index in [2.05, 4.69) is 39.5 Å². The van der Waals surface area contributed by atoms with Gasteiger partial charge in [0.15, 0.2) is 0 Å². The molecule has 0 N–H and O–H groups in total. The van der Waals surface area contributed by atoms with Crippen molar-refractivity contribution < 1.29 is 8.95 Å². The van der Waals surface area contributed by atoms with Crippen LogP contribution in [0.3, 0.4) is 0 Å². The van der Waals surface area contributed by atoms with Crippen LogP contribution in [0.5, 0.6) is 0 Å². The minimum Gasteiger partial charge on any atom is -0.379 e.